The highest BCUT2D eigenvalue weighted by molar-refractivity contribution is 6.33. The molecule has 1 aliphatic carbocycles. The van der Waals surface area contributed by atoms with Gasteiger partial charge in [-0.1, -0.05) is 16.8 Å². The summed E-state index contributed by atoms with van der Waals surface area (Å²) in [4.78, 5) is 30.1. The highest BCUT2D eigenvalue weighted by Crippen LogP contribution is 2.28. The maximum atomic E-state index is 14.3. The Morgan fingerprint density at radius 3 is 2.50 bits per heavy atom. The molecular weight excluding hydrogens is 385 g/mol. The fourth-order valence-electron chi connectivity index (χ4n) is 2.84. The van der Waals surface area contributed by atoms with Crippen LogP contribution in [0.1, 0.15) is 52.0 Å². The Hall–Kier alpha value is -2.41. The second-order valence-corrected chi connectivity index (χ2v) is 7.13. The minimum atomic E-state index is -0.670. The van der Waals surface area contributed by atoms with Gasteiger partial charge in [0.15, 0.2) is 0 Å². The van der Waals surface area contributed by atoms with Crippen molar-refractivity contribution in [2.45, 2.75) is 52.6 Å². The molecule has 0 unspecified atom stereocenters. The third-order valence-electron chi connectivity index (χ3n) is 4.15. The van der Waals surface area contributed by atoms with Gasteiger partial charge < -0.3 is 15.5 Å². The van der Waals surface area contributed by atoms with Gasteiger partial charge in [-0.3, -0.25) is 9.59 Å². The van der Waals surface area contributed by atoms with Gasteiger partial charge in [-0.2, -0.15) is 0 Å². The maximum absolute atomic E-state index is 14.3. The number of nitrogens with zero attached hydrogens (tertiary/aromatic N) is 1. The van der Waals surface area contributed by atoms with Crippen molar-refractivity contribution in [2.75, 3.05) is 11.9 Å². The summed E-state index contributed by atoms with van der Waals surface area (Å²) in [6, 6.07) is 2.49. The molecule has 0 atom stereocenters. The summed E-state index contributed by atoms with van der Waals surface area (Å²) in [6.07, 6.45) is 3.90. The Balaban J connectivity index is 2.27. The minimum absolute atomic E-state index is 0.0336. The predicted octanol–water partition coefficient (Wildman–Crippen LogP) is 4.18. The predicted molar refractivity (Wildman–Crippen MR) is 108 cm³/mol. The molecule has 2 N–H and O–H groups in total. The number of benzene rings is 1. The summed E-state index contributed by atoms with van der Waals surface area (Å²) < 4.78 is 14.3. The fourth-order valence-corrected chi connectivity index (χ4v) is 3.04. The summed E-state index contributed by atoms with van der Waals surface area (Å²) in [5.41, 5.74) is 1.23. The van der Waals surface area contributed by atoms with Crippen molar-refractivity contribution in [3.63, 3.8) is 0 Å². The summed E-state index contributed by atoms with van der Waals surface area (Å²) in [5.74, 6) is -1.40. The molecule has 152 valence electrons. The second-order valence-electron chi connectivity index (χ2n) is 6.72. The molecule has 2 amide bonds. The molecule has 0 saturated heterocycles. The van der Waals surface area contributed by atoms with E-state index in [4.69, 9.17) is 16.4 Å². The van der Waals surface area contributed by atoms with Gasteiger partial charge in [-0.25, -0.2) is 4.39 Å². The number of likely N-dealkylation sites (N-methyl/N-ethyl adjacent to an activating group) is 1. The highest BCUT2D eigenvalue weighted by Gasteiger charge is 2.24. The molecule has 0 aliphatic heterocycles. The van der Waals surface area contributed by atoms with Crippen molar-refractivity contribution < 1.29 is 18.8 Å². The molecule has 1 aromatic rings. The van der Waals surface area contributed by atoms with Crippen LogP contribution in [0.15, 0.2) is 28.4 Å². The average Bonchev–Trinajstić information content (AvgIpc) is 2.65. The van der Waals surface area contributed by atoms with Gasteiger partial charge in [0.05, 0.1) is 16.9 Å². The number of rotatable bonds is 7. The van der Waals surface area contributed by atoms with E-state index < -0.39 is 11.7 Å². The van der Waals surface area contributed by atoms with E-state index in [0.29, 0.717) is 36.1 Å². The van der Waals surface area contributed by atoms with E-state index in [1.807, 2.05) is 20.8 Å². The molecule has 0 bridgehead atoms. The molecule has 0 radical (unpaired) electrons. The number of carbonyl (C=O) groups excluding carboxylic acids is 2. The third-order valence-corrected chi connectivity index (χ3v) is 4.48. The lowest BCUT2D eigenvalue weighted by molar-refractivity contribution is -0.119. The van der Waals surface area contributed by atoms with Crippen LogP contribution in [-0.4, -0.2) is 30.7 Å². The van der Waals surface area contributed by atoms with Crippen LogP contribution in [0.25, 0.3) is 0 Å². The largest absolute Gasteiger partial charge is 0.393 e. The van der Waals surface area contributed by atoms with E-state index in [0.717, 1.165) is 18.9 Å². The molecule has 0 spiro atoms. The zero-order valence-corrected chi connectivity index (χ0v) is 17.0. The average molecular weight is 410 g/mol. The molecule has 0 fully saturated rings. The van der Waals surface area contributed by atoms with E-state index in [1.165, 1.54) is 12.3 Å². The van der Waals surface area contributed by atoms with Crippen LogP contribution in [0.3, 0.4) is 0 Å². The number of anilines is 1. The van der Waals surface area contributed by atoms with Crippen molar-refractivity contribution in [3.05, 3.63) is 39.7 Å². The van der Waals surface area contributed by atoms with Crippen LogP contribution in [0.5, 0.6) is 0 Å². The molecule has 0 saturated carbocycles. The van der Waals surface area contributed by atoms with Crippen molar-refractivity contribution >= 4 is 35.3 Å². The normalized spacial score (nSPS) is 14.5. The lowest BCUT2D eigenvalue weighted by Gasteiger charge is -2.19. The topological polar surface area (TPSA) is 79.8 Å². The number of nitrogens with one attached hydrogen (secondary N) is 2. The molecule has 0 aromatic heterocycles. The second kappa shape index (κ2) is 10.2. The number of halogens is 2. The minimum Gasteiger partial charge on any atom is -0.393 e. The van der Waals surface area contributed by atoms with Gasteiger partial charge in [0.25, 0.3) is 5.91 Å². The number of oxime groups is 1. The van der Waals surface area contributed by atoms with Crippen molar-refractivity contribution in [3.8, 4) is 0 Å². The first kappa shape index (κ1) is 21.9. The third kappa shape index (κ3) is 5.79. The molecule has 8 heteroatoms. The molecule has 1 aliphatic rings. The Morgan fingerprint density at radius 1 is 1.25 bits per heavy atom. The number of hydrogen-bond acceptors (Lipinski definition) is 4. The molecule has 28 heavy (non-hydrogen) atoms. The van der Waals surface area contributed by atoms with E-state index in [9.17, 15) is 14.0 Å². The van der Waals surface area contributed by atoms with Crippen molar-refractivity contribution in [1.29, 1.82) is 0 Å². The van der Waals surface area contributed by atoms with Gasteiger partial charge >= 0.3 is 0 Å². The monoisotopic (exact) mass is 409 g/mol. The first-order chi connectivity index (χ1) is 13.3. The van der Waals surface area contributed by atoms with Crippen LogP contribution >= 0.6 is 11.6 Å². The zero-order chi connectivity index (χ0) is 20.7. The lowest BCUT2D eigenvalue weighted by atomic mass is 9.90. The standard InChI is InChI=1S/C20H25ClFN3O3/c1-4-23-19(26)14-7-5-6-8-15(14)20(27)25-18-9-13(11-24-28-12(2)3)16(21)10-17(18)22/h9-12H,4-8H2,1-3H3,(H,23,26)(H,25,27). The van der Waals surface area contributed by atoms with Crippen molar-refractivity contribution in [1.82, 2.24) is 5.32 Å². The highest BCUT2D eigenvalue weighted by atomic mass is 35.5. The van der Waals surface area contributed by atoms with E-state index in [2.05, 4.69) is 15.8 Å². The van der Waals surface area contributed by atoms with E-state index in [1.54, 1.807) is 0 Å². The Morgan fingerprint density at radius 2 is 1.89 bits per heavy atom. The van der Waals surface area contributed by atoms with Gasteiger partial charge in [-0.05, 0) is 58.6 Å². The first-order valence-corrected chi connectivity index (χ1v) is 9.71. The zero-order valence-electron chi connectivity index (χ0n) is 16.3. The molecule has 6 nitrogen and oxygen atoms in total. The molecule has 0 heterocycles. The van der Waals surface area contributed by atoms with Crippen LogP contribution in [-0.2, 0) is 14.4 Å². The lowest BCUT2D eigenvalue weighted by Crippen LogP contribution is -2.29. The Bertz CT molecular complexity index is 806. The molecule has 2 rings (SSSR count). The molecular formula is C20H25ClFN3O3. The summed E-state index contributed by atoms with van der Waals surface area (Å²) in [7, 11) is 0. The quantitative estimate of drug-likeness (QED) is 0.523. The van der Waals surface area contributed by atoms with Crippen LogP contribution in [0.4, 0.5) is 10.1 Å². The first-order valence-electron chi connectivity index (χ1n) is 9.33. The number of carbonyl (C=O) groups is 2. The summed E-state index contributed by atoms with van der Waals surface area (Å²) in [6.45, 7) is 5.93. The Kier molecular flexibility index (Phi) is 7.99. The van der Waals surface area contributed by atoms with Gasteiger partial charge in [-0.15, -0.1) is 0 Å². The number of hydrogen-bond donors (Lipinski definition) is 2. The summed E-state index contributed by atoms with van der Waals surface area (Å²) in [5, 5.41) is 9.22. The van der Waals surface area contributed by atoms with Crippen LogP contribution in [0.2, 0.25) is 5.02 Å². The summed E-state index contributed by atoms with van der Waals surface area (Å²) >= 11 is 6.04. The number of amides is 2. The maximum Gasteiger partial charge on any atom is 0.252 e. The van der Waals surface area contributed by atoms with Gasteiger partial charge in [0.2, 0.25) is 5.91 Å². The fraction of sp³-hybridized carbons (Fsp3) is 0.450. The SMILES string of the molecule is CCNC(=O)C1=C(C(=O)Nc2cc(C=NOC(C)C)c(Cl)cc2F)CCCC1. The van der Waals surface area contributed by atoms with Crippen LogP contribution < -0.4 is 10.6 Å². The Labute approximate surface area is 169 Å². The van der Waals surface area contributed by atoms with Crippen molar-refractivity contribution in [2.24, 2.45) is 5.16 Å². The smallest absolute Gasteiger partial charge is 0.252 e. The van der Waals surface area contributed by atoms with E-state index in [-0.39, 0.29) is 22.7 Å². The van der Waals surface area contributed by atoms with Gasteiger partial charge in [0, 0.05) is 23.3 Å². The van der Waals surface area contributed by atoms with E-state index >= 15 is 0 Å². The van der Waals surface area contributed by atoms with Gasteiger partial charge in [0.1, 0.15) is 11.9 Å². The van der Waals surface area contributed by atoms with Crippen LogP contribution in [0, 0.1) is 5.82 Å². The molecule has 1 aromatic carbocycles.